The van der Waals surface area contributed by atoms with E-state index in [1.807, 2.05) is 42.5 Å². The van der Waals surface area contributed by atoms with Gasteiger partial charge < -0.3 is 4.74 Å². The fourth-order valence-electron chi connectivity index (χ4n) is 4.14. The summed E-state index contributed by atoms with van der Waals surface area (Å²) >= 11 is 0. The van der Waals surface area contributed by atoms with Crippen LogP contribution in [0.15, 0.2) is 98.4 Å². The molecule has 166 valence electrons. The normalized spacial score (nSPS) is 15.8. The SMILES string of the molecule is COC(=O)c1ccc([S+](c2ccccc2)c2ccc(S(=O)(=O)C3CCCCC3)cc2)cc1. The highest BCUT2D eigenvalue weighted by Crippen LogP contribution is 2.33. The average molecular weight is 468 g/mol. The van der Waals surface area contributed by atoms with E-state index in [9.17, 15) is 13.2 Å². The molecule has 1 fully saturated rings. The summed E-state index contributed by atoms with van der Waals surface area (Å²) in [5, 5.41) is -0.264. The van der Waals surface area contributed by atoms with Gasteiger partial charge >= 0.3 is 5.97 Å². The second-order valence-electron chi connectivity index (χ2n) is 7.91. The Kier molecular flexibility index (Phi) is 7.01. The van der Waals surface area contributed by atoms with Gasteiger partial charge in [0.1, 0.15) is 0 Å². The molecule has 0 aliphatic heterocycles. The molecule has 0 saturated heterocycles. The number of benzene rings is 3. The number of carbonyl (C=O) groups is 1. The van der Waals surface area contributed by atoms with Gasteiger partial charge in [-0.3, -0.25) is 0 Å². The topological polar surface area (TPSA) is 60.4 Å². The van der Waals surface area contributed by atoms with Crippen LogP contribution in [0.25, 0.3) is 0 Å². The standard InChI is InChI=1S/C26H27O4S2/c1-30-26(27)20-12-14-22(15-13-20)31(21-8-4-2-5-9-21)23-16-18-25(19-17-23)32(28,29)24-10-6-3-7-11-24/h2,4-5,8-9,12-19,24H,3,6-7,10-11H2,1H3/q+1. The van der Waals surface area contributed by atoms with Crippen LogP contribution in [0.1, 0.15) is 42.5 Å². The van der Waals surface area contributed by atoms with Crippen molar-refractivity contribution in [2.45, 2.75) is 56.9 Å². The molecule has 1 atom stereocenters. The third-order valence-corrected chi connectivity index (χ3v) is 10.4. The molecular weight excluding hydrogens is 440 g/mol. The summed E-state index contributed by atoms with van der Waals surface area (Å²) in [5.41, 5.74) is 0.502. The molecule has 0 radical (unpaired) electrons. The van der Waals surface area contributed by atoms with Crippen LogP contribution < -0.4 is 0 Å². The van der Waals surface area contributed by atoms with Crippen LogP contribution in [0.3, 0.4) is 0 Å². The van der Waals surface area contributed by atoms with Gasteiger partial charge in [0.25, 0.3) is 0 Å². The maximum Gasteiger partial charge on any atom is 0.337 e. The second-order valence-corrected chi connectivity index (χ2v) is 12.2. The predicted molar refractivity (Wildman–Crippen MR) is 127 cm³/mol. The minimum Gasteiger partial charge on any atom is -0.465 e. The summed E-state index contributed by atoms with van der Waals surface area (Å²) in [7, 11) is -2.36. The van der Waals surface area contributed by atoms with E-state index in [0.717, 1.165) is 46.8 Å². The van der Waals surface area contributed by atoms with E-state index in [2.05, 4.69) is 12.1 Å². The van der Waals surface area contributed by atoms with E-state index in [-0.39, 0.29) is 11.2 Å². The lowest BCUT2D eigenvalue weighted by atomic mass is 10.0. The number of rotatable bonds is 6. The van der Waals surface area contributed by atoms with Crippen LogP contribution in [-0.2, 0) is 25.5 Å². The zero-order valence-electron chi connectivity index (χ0n) is 18.1. The Hall–Kier alpha value is -2.57. The predicted octanol–water partition coefficient (Wildman–Crippen LogP) is 5.68. The molecule has 0 bridgehead atoms. The zero-order valence-corrected chi connectivity index (χ0v) is 19.7. The highest BCUT2D eigenvalue weighted by atomic mass is 32.2. The molecule has 1 aliphatic carbocycles. The summed E-state index contributed by atoms with van der Waals surface area (Å²) in [4.78, 5) is 15.4. The minimum absolute atomic E-state index is 0.264. The third-order valence-electron chi connectivity index (χ3n) is 5.87. The quantitative estimate of drug-likeness (QED) is 0.346. The summed E-state index contributed by atoms with van der Waals surface area (Å²) in [6.07, 6.45) is 4.61. The first-order valence-electron chi connectivity index (χ1n) is 10.8. The number of hydrogen-bond acceptors (Lipinski definition) is 4. The Labute approximate surface area is 192 Å². The van der Waals surface area contributed by atoms with E-state index in [1.165, 1.54) is 7.11 Å². The Bertz CT molecular complexity index is 1150. The van der Waals surface area contributed by atoms with Crippen molar-refractivity contribution in [3.8, 4) is 0 Å². The van der Waals surface area contributed by atoms with Crippen LogP contribution in [0.4, 0.5) is 0 Å². The molecule has 0 spiro atoms. The Morgan fingerprint density at radius 3 is 1.88 bits per heavy atom. The van der Waals surface area contributed by atoms with Gasteiger partial charge in [0, 0.05) is 0 Å². The number of hydrogen-bond donors (Lipinski definition) is 0. The maximum absolute atomic E-state index is 13.1. The summed E-state index contributed by atoms with van der Waals surface area (Å²) in [5.74, 6) is -0.367. The van der Waals surface area contributed by atoms with Gasteiger partial charge in [-0.2, -0.15) is 0 Å². The van der Waals surface area contributed by atoms with Gasteiger partial charge in [0.05, 0.1) is 33.7 Å². The molecule has 0 amide bonds. The van der Waals surface area contributed by atoms with Gasteiger partial charge in [-0.05, 0) is 73.5 Å². The van der Waals surface area contributed by atoms with Crippen LogP contribution in [0.2, 0.25) is 0 Å². The first kappa shape index (κ1) is 22.6. The summed E-state index contributed by atoms with van der Waals surface area (Å²) < 4.78 is 31.0. The number of sulfone groups is 1. The van der Waals surface area contributed by atoms with Crippen LogP contribution in [-0.4, -0.2) is 26.7 Å². The molecule has 0 N–H and O–H groups in total. The highest BCUT2D eigenvalue weighted by molar-refractivity contribution is 7.97. The molecule has 32 heavy (non-hydrogen) atoms. The van der Waals surface area contributed by atoms with E-state index < -0.39 is 20.7 Å². The monoisotopic (exact) mass is 467 g/mol. The van der Waals surface area contributed by atoms with Gasteiger partial charge in [0.15, 0.2) is 24.5 Å². The Balaban J connectivity index is 1.68. The first-order valence-corrected chi connectivity index (χ1v) is 13.6. The number of methoxy groups -OCH3 is 1. The van der Waals surface area contributed by atoms with Crippen LogP contribution in [0.5, 0.6) is 0 Å². The van der Waals surface area contributed by atoms with Crippen molar-refractivity contribution in [3.63, 3.8) is 0 Å². The van der Waals surface area contributed by atoms with E-state index in [0.29, 0.717) is 10.5 Å². The molecular formula is C26H27O4S2+. The molecule has 3 aromatic rings. The molecule has 1 saturated carbocycles. The number of ether oxygens (including phenoxy) is 1. The van der Waals surface area contributed by atoms with Crippen LogP contribution >= 0.6 is 0 Å². The van der Waals surface area contributed by atoms with Crippen molar-refractivity contribution in [2.24, 2.45) is 0 Å². The summed E-state index contributed by atoms with van der Waals surface area (Å²) in [6.45, 7) is 0. The highest BCUT2D eigenvalue weighted by Gasteiger charge is 2.32. The molecule has 1 aliphatic rings. The number of esters is 1. The summed E-state index contributed by atoms with van der Waals surface area (Å²) in [6, 6.07) is 24.9. The average Bonchev–Trinajstić information content (AvgIpc) is 2.86. The maximum atomic E-state index is 13.1. The van der Waals surface area contributed by atoms with Gasteiger partial charge in [0.2, 0.25) is 0 Å². The molecule has 0 aromatic heterocycles. The third kappa shape index (κ3) is 4.76. The Morgan fingerprint density at radius 1 is 0.781 bits per heavy atom. The van der Waals surface area contributed by atoms with Crippen molar-refractivity contribution in [2.75, 3.05) is 7.11 Å². The lowest BCUT2D eigenvalue weighted by Crippen LogP contribution is -2.24. The fraction of sp³-hybridized carbons (Fsp3) is 0.269. The van der Waals surface area contributed by atoms with Crippen molar-refractivity contribution in [1.82, 2.24) is 0 Å². The molecule has 1 unspecified atom stereocenters. The van der Waals surface area contributed by atoms with E-state index >= 15 is 0 Å². The van der Waals surface area contributed by atoms with Crippen molar-refractivity contribution < 1.29 is 17.9 Å². The van der Waals surface area contributed by atoms with Gasteiger partial charge in [-0.25, -0.2) is 13.2 Å². The fourth-order valence-corrected chi connectivity index (χ4v) is 8.06. The molecule has 6 heteroatoms. The lowest BCUT2D eigenvalue weighted by molar-refractivity contribution is 0.0600. The Morgan fingerprint density at radius 2 is 1.31 bits per heavy atom. The van der Waals surface area contributed by atoms with Crippen molar-refractivity contribution in [1.29, 1.82) is 0 Å². The minimum atomic E-state index is -3.30. The van der Waals surface area contributed by atoms with Crippen molar-refractivity contribution >= 4 is 26.7 Å². The molecule has 3 aromatic carbocycles. The van der Waals surface area contributed by atoms with E-state index in [4.69, 9.17) is 4.74 Å². The van der Waals surface area contributed by atoms with Crippen LogP contribution in [0, 0.1) is 0 Å². The molecule has 4 rings (SSSR count). The van der Waals surface area contributed by atoms with Gasteiger partial charge in [-0.15, -0.1) is 0 Å². The number of carbonyl (C=O) groups excluding carboxylic acids is 1. The molecule has 4 nitrogen and oxygen atoms in total. The van der Waals surface area contributed by atoms with Gasteiger partial charge in [-0.1, -0.05) is 37.5 Å². The smallest absolute Gasteiger partial charge is 0.337 e. The lowest BCUT2D eigenvalue weighted by Gasteiger charge is -2.21. The largest absolute Gasteiger partial charge is 0.465 e. The first-order chi connectivity index (χ1) is 15.5. The second kappa shape index (κ2) is 9.92. The van der Waals surface area contributed by atoms with E-state index in [1.54, 1.807) is 24.3 Å². The zero-order chi connectivity index (χ0) is 22.6. The molecule has 0 heterocycles. The van der Waals surface area contributed by atoms with Crippen molar-refractivity contribution in [3.05, 3.63) is 84.4 Å².